The van der Waals surface area contributed by atoms with Crippen LogP contribution >= 0.6 is 0 Å². The number of nitrogens with two attached hydrogens (primary N) is 1. The number of aryl methyl sites for hydroxylation is 2. The summed E-state index contributed by atoms with van der Waals surface area (Å²) in [5.41, 5.74) is 10.7. The van der Waals surface area contributed by atoms with Gasteiger partial charge in [-0.1, -0.05) is 17.3 Å². The van der Waals surface area contributed by atoms with Crippen molar-refractivity contribution in [2.45, 2.75) is 44.9 Å². The van der Waals surface area contributed by atoms with Crippen LogP contribution in [0.1, 0.15) is 42.5 Å². The van der Waals surface area contributed by atoms with Crippen LogP contribution in [0, 0.1) is 0 Å². The second-order valence-electron chi connectivity index (χ2n) is 5.52. The van der Waals surface area contributed by atoms with Gasteiger partial charge in [0.25, 0.3) is 0 Å². The molecule has 2 N–H and O–H groups in total. The smallest absolute Gasteiger partial charge is 0.0831 e. The van der Waals surface area contributed by atoms with Gasteiger partial charge in [-0.15, -0.1) is 5.10 Å². The van der Waals surface area contributed by atoms with Gasteiger partial charge in [0.2, 0.25) is 0 Å². The summed E-state index contributed by atoms with van der Waals surface area (Å²) in [4.78, 5) is 0. The Morgan fingerprint density at radius 2 is 2.05 bits per heavy atom. The first-order chi connectivity index (χ1) is 9.88. The molecule has 0 radical (unpaired) electrons. The van der Waals surface area contributed by atoms with Crippen molar-refractivity contribution in [3.05, 3.63) is 41.2 Å². The number of rotatable bonds is 5. The fourth-order valence-electron chi connectivity index (χ4n) is 2.96. The van der Waals surface area contributed by atoms with Crippen molar-refractivity contribution in [3.8, 4) is 5.69 Å². The summed E-state index contributed by atoms with van der Waals surface area (Å²) in [5.74, 6) is 0. The third-order valence-electron chi connectivity index (χ3n) is 4.05. The molecular weight excluding hydrogens is 248 g/mol. The van der Waals surface area contributed by atoms with Crippen LogP contribution < -0.4 is 5.73 Å². The number of hydrogen-bond donors (Lipinski definition) is 1. The minimum atomic E-state index is 0.750. The molecule has 3 rings (SSSR count). The lowest BCUT2D eigenvalue weighted by molar-refractivity contribution is 0.673. The maximum atomic E-state index is 5.52. The van der Waals surface area contributed by atoms with E-state index in [0.717, 1.165) is 37.9 Å². The van der Waals surface area contributed by atoms with Gasteiger partial charge in [-0.2, -0.15) is 0 Å². The first kappa shape index (κ1) is 13.3. The molecule has 0 amide bonds. The number of benzene rings is 1. The maximum absolute atomic E-state index is 5.52. The maximum Gasteiger partial charge on any atom is 0.0831 e. The fourth-order valence-corrected chi connectivity index (χ4v) is 2.96. The van der Waals surface area contributed by atoms with Gasteiger partial charge in [-0.05, 0) is 68.7 Å². The molecule has 1 aromatic carbocycles. The molecule has 0 saturated carbocycles. The highest BCUT2D eigenvalue weighted by atomic mass is 15.4. The molecule has 1 aliphatic carbocycles. The van der Waals surface area contributed by atoms with Gasteiger partial charge in [-0.3, -0.25) is 0 Å². The van der Waals surface area contributed by atoms with Crippen molar-refractivity contribution < 1.29 is 0 Å². The van der Waals surface area contributed by atoms with Crippen LogP contribution in [-0.2, 0) is 19.3 Å². The van der Waals surface area contributed by atoms with Crippen LogP contribution in [0.2, 0.25) is 0 Å². The molecule has 4 nitrogen and oxygen atoms in total. The largest absolute Gasteiger partial charge is 0.330 e. The number of unbranched alkanes of at least 4 members (excludes halogenated alkanes) is 1. The average Bonchev–Trinajstić information content (AvgIpc) is 2.96. The lowest BCUT2D eigenvalue weighted by atomic mass is 9.90. The van der Waals surface area contributed by atoms with Crippen molar-refractivity contribution in [2.24, 2.45) is 5.73 Å². The molecule has 0 saturated heterocycles. The number of hydrogen-bond acceptors (Lipinski definition) is 3. The molecule has 0 bridgehead atoms. The Balaban J connectivity index is 1.82. The normalized spacial score (nSPS) is 14.2. The van der Waals surface area contributed by atoms with Crippen molar-refractivity contribution >= 4 is 0 Å². The van der Waals surface area contributed by atoms with E-state index in [1.165, 1.54) is 36.1 Å². The van der Waals surface area contributed by atoms with Crippen LogP contribution in [0.25, 0.3) is 5.69 Å². The molecular formula is C16H22N4. The molecule has 0 atom stereocenters. The van der Waals surface area contributed by atoms with E-state index < -0.39 is 0 Å². The molecule has 0 spiro atoms. The van der Waals surface area contributed by atoms with E-state index in [-0.39, 0.29) is 0 Å². The second-order valence-corrected chi connectivity index (χ2v) is 5.52. The Morgan fingerprint density at radius 3 is 2.95 bits per heavy atom. The lowest BCUT2D eigenvalue weighted by Crippen LogP contribution is -2.08. The van der Waals surface area contributed by atoms with E-state index in [4.69, 9.17) is 5.73 Å². The Kier molecular flexibility index (Phi) is 4.11. The molecule has 2 aromatic rings. The Bertz CT molecular complexity index is 574. The third kappa shape index (κ3) is 2.75. The van der Waals surface area contributed by atoms with E-state index in [2.05, 4.69) is 34.7 Å². The summed E-state index contributed by atoms with van der Waals surface area (Å²) in [7, 11) is 0. The van der Waals surface area contributed by atoms with Crippen LogP contribution in [0.3, 0.4) is 0 Å². The number of nitrogens with zero attached hydrogens (tertiary/aromatic N) is 3. The zero-order valence-electron chi connectivity index (χ0n) is 11.9. The predicted molar refractivity (Wildman–Crippen MR) is 80.0 cm³/mol. The van der Waals surface area contributed by atoms with Crippen LogP contribution in [-0.4, -0.2) is 21.5 Å². The molecule has 20 heavy (non-hydrogen) atoms. The summed E-state index contributed by atoms with van der Waals surface area (Å²) in [6.07, 6.45) is 10.1. The first-order valence-electron chi connectivity index (χ1n) is 7.61. The molecule has 0 unspecified atom stereocenters. The predicted octanol–water partition coefficient (Wildman–Crippen LogP) is 2.43. The van der Waals surface area contributed by atoms with Gasteiger partial charge < -0.3 is 5.73 Å². The van der Waals surface area contributed by atoms with Crippen molar-refractivity contribution in [3.63, 3.8) is 0 Å². The highest BCUT2D eigenvalue weighted by Gasteiger charge is 2.14. The fraction of sp³-hybridized carbons (Fsp3) is 0.500. The molecule has 106 valence electrons. The van der Waals surface area contributed by atoms with Gasteiger partial charge in [0.15, 0.2) is 0 Å². The minimum absolute atomic E-state index is 0.750. The summed E-state index contributed by atoms with van der Waals surface area (Å²) in [5, 5.41) is 8.59. The molecule has 4 heteroatoms. The van der Waals surface area contributed by atoms with Gasteiger partial charge in [-0.25, -0.2) is 4.68 Å². The van der Waals surface area contributed by atoms with Gasteiger partial charge in [0, 0.05) is 0 Å². The zero-order valence-corrected chi connectivity index (χ0v) is 11.9. The second kappa shape index (κ2) is 6.18. The van der Waals surface area contributed by atoms with E-state index in [0.29, 0.717) is 0 Å². The van der Waals surface area contributed by atoms with Crippen LogP contribution in [0.15, 0.2) is 24.4 Å². The van der Waals surface area contributed by atoms with Crippen molar-refractivity contribution in [1.29, 1.82) is 0 Å². The summed E-state index contributed by atoms with van der Waals surface area (Å²) in [6, 6.07) is 6.54. The Labute approximate surface area is 120 Å². The zero-order chi connectivity index (χ0) is 13.8. The van der Waals surface area contributed by atoms with Crippen LogP contribution in [0.5, 0.6) is 0 Å². The van der Waals surface area contributed by atoms with Crippen LogP contribution in [0.4, 0.5) is 0 Å². The third-order valence-corrected chi connectivity index (χ3v) is 4.05. The van der Waals surface area contributed by atoms with E-state index in [1.54, 1.807) is 0 Å². The molecule has 0 aliphatic heterocycles. The Hall–Kier alpha value is -1.68. The highest BCUT2D eigenvalue weighted by molar-refractivity contribution is 5.46. The van der Waals surface area contributed by atoms with Crippen molar-refractivity contribution in [1.82, 2.24) is 15.0 Å². The summed E-state index contributed by atoms with van der Waals surface area (Å²) >= 11 is 0. The molecule has 1 aromatic heterocycles. The first-order valence-corrected chi connectivity index (χ1v) is 7.61. The summed E-state index contributed by atoms with van der Waals surface area (Å²) in [6.45, 7) is 0.750. The molecule has 1 aliphatic rings. The van der Waals surface area contributed by atoms with E-state index >= 15 is 0 Å². The van der Waals surface area contributed by atoms with Gasteiger partial charge in [0.05, 0.1) is 17.6 Å². The monoisotopic (exact) mass is 270 g/mol. The minimum Gasteiger partial charge on any atom is -0.330 e. The number of fused-ring (bicyclic) bond motifs is 1. The highest BCUT2D eigenvalue weighted by Crippen LogP contribution is 2.26. The number of aromatic nitrogens is 3. The van der Waals surface area contributed by atoms with Gasteiger partial charge >= 0.3 is 0 Å². The average molecular weight is 270 g/mol. The quantitative estimate of drug-likeness (QED) is 0.849. The summed E-state index contributed by atoms with van der Waals surface area (Å²) < 4.78 is 1.95. The van der Waals surface area contributed by atoms with E-state index in [1.807, 2.05) is 4.68 Å². The molecule has 1 heterocycles. The standard InChI is InChI=1S/C16H22N4/c17-11-4-3-8-14-12-20(19-18-14)16-10-5-7-13-6-1-2-9-15(13)16/h5,7,10,12H,1-4,6,8-9,11,17H2. The van der Waals surface area contributed by atoms with E-state index in [9.17, 15) is 0 Å². The topological polar surface area (TPSA) is 56.7 Å². The Morgan fingerprint density at radius 1 is 1.15 bits per heavy atom. The SMILES string of the molecule is NCCCCc1cn(-c2cccc3c2CCCC3)nn1. The molecule has 0 fully saturated rings. The lowest BCUT2D eigenvalue weighted by Gasteiger charge is -2.18. The van der Waals surface area contributed by atoms with Crippen molar-refractivity contribution in [2.75, 3.05) is 6.54 Å². The van der Waals surface area contributed by atoms with Gasteiger partial charge in [0.1, 0.15) is 0 Å².